The van der Waals surface area contributed by atoms with Gasteiger partial charge in [0.25, 0.3) is 0 Å². The van der Waals surface area contributed by atoms with Crippen LogP contribution in [-0.2, 0) is 0 Å². The molecule has 0 aromatic carbocycles. The number of unbranched alkanes of at least 4 members (excludes halogenated alkanes) is 15. The molecule has 1 heterocycles. The van der Waals surface area contributed by atoms with Crippen molar-refractivity contribution in [2.24, 2.45) is 0 Å². The highest BCUT2D eigenvalue weighted by atomic mass is 15.2. The van der Waals surface area contributed by atoms with Crippen molar-refractivity contribution in [3.8, 4) is 0 Å². The van der Waals surface area contributed by atoms with Gasteiger partial charge in [0.15, 0.2) is 0 Å². The molecule has 23 heavy (non-hydrogen) atoms. The van der Waals surface area contributed by atoms with E-state index in [4.69, 9.17) is 0 Å². The lowest BCUT2D eigenvalue weighted by Gasteiger charge is -2.09. The summed E-state index contributed by atoms with van der Waals surface area (Å²) in [4.78, 5) is 0. The zero-order valence-electron chi connectivity index (χ0n) is 16.0. The van der Waals surface area contributed by atoms with E-state index in [-0.39, 0.29) is 0 Å². The molecular formula is C21H44N2. The Morgan fingerprint density at radius 2 is 0.870 bits per heavy atom. The molecule has 0 amide bonds. The summed E-state index contributed by atoms with van der Waals surface area (Å²) in [6.45, 7) is 4.61. The topological polar surface area (TPSA) is 24.1 Å². The van der Waals surface area contributed by atoms with Crippen LogP contribution in [0.2, 0.25) is 0 Å². The van der Waals surface area contributed by atoms with E-state index >= 15 is 0 Å². The number of nitrogens with one attached hydrogen (secondary N) is 2. The molecule has 2 nitrogen and oxygen atoms in total. The van der Waals surface area contributed by atoms with Gasteiger partial charge in [0.2, 0.25) is 0 Å². The average molecular weight is 325 g/mol. The third kappa shape index (κ3) is 14.0. The van der Waals surface area contributed by atoms with E-state index in [9.17, 15) is 0 Å². The Balaban J connectivity index is 1.64. The smallest absolute Gasteiger partial charge is 0.0572 e. The molecule has 0 atom stereocenters. The molecule has 0 bridgehead atoms. The maximum absolute atomic E-state index is 3.50. The lowest BCUT2D eigenvalue weighted by atomic mass is 10.0. The van der Waals surface area contributed by atoms with Gasteiger partial charge >= 0.3 is 0 Å². The molecule has 0 saturated carbocycles. The van der Waals surface area contributed by atoms with Gasteiger partial charge in [0.05, 0.1) is 6.17 Å². The predicted molar refractivity (Wildman–Crippen MR) is 104 cm³/mol. The SMILES string of the molecule is CCCCCCCCCCCCCCCCCCC1NCCN1. The molecule has 0 aromatic heterocycles. The van der Waals surface area contributed by atoms with E-state index in [1.165, 1.54) is 109 Å². The Hall–Kier alpha value is -0.0800. The molecule has 2 heteroatoms. The zero-order chi connectivity index (χ0) is 16.4. The summed E-state index contributed by atoms with van der Waals surface area (Å²) < 4.78 is 0. The van der Waals surface area contributed by atoms with Crippen LogP contribution in [0.1, 0.15) is 116 Å². The molecule has 0 spiro atoms. The first-order chi connectivity index (χ1) is 11.4. The van der Waals surface area contributed by atoms with Gasteiger partial charge in [-0.1, -0.05) is 110 Å². The molecule has 0 aliphatic carbocycles. The van der Waals surface area contributed by atoms with Crippen LogP contribution in [0, 0.1) is 0 Å². The first kappa shape index (κ1) is 21.0. The second kappa shape index (κ2) is 16.8. The van der Waals surface area contributed by atoms with Crippen LogP contribution in [-0.4, -0.2) is 19.3 Å². The fraction of sp³-hybridized carbons (Fsp3) is 1.00. The molecular weight excluding hydrogens is 280 g/mol. The monoisotopic (exact) mass is 324 g/mol. The minimum absolute atomic E-state index is 0.613. The van der Waals surface area contributed by atoms with Crippen LogP contribution in [0.3, 0.4) is 0 Å². The van der Waals surface area contributed by atoms with Crippen LogP contribution in [0.15, 0.2) is 0 Å². The molecule has 1 fully saturated rings. The largest absolute Gasteiger partial charge is 0.301 e. The average Bonchev–Trinajstić information content (AvgIpc) is 3.08. The summed E-state index contributed by atoms with van der Waals surface area (Å²) in [5.74, 6) is 0. The second-order valence-corrected chi connectivity index (χ2v) is 7.55. The molecule has 0 radical (unpaired) electrons. The van der Waals surface area contributed by atoms with Gasteiger partial charge in [0, 0.05) is 13.1 Å². The summed E-state index contributed by atoms with van der Waals surface area (Å²) in [6.07, 6.45) is 25.2. The maximum Gasteiger partial charge on any atom is 0.0572 e. The van der Waals surface area contributed by atoms with Crippen molar-refractivity contribution in [3.63, 3.8) is 0 Å². The first-order valence-corrected chi connectivity index (χ1v) is 10.9. The Bertz CT molecular complexity index is 224. The van der Waals surface area contributed by atoms with Gasteiger partial charge in [-0.05, 0) is 6.42 Å². The summed E-state index contributed by atoms with van der Waals surface area (Å²) in [5.41, 5.74) is 0. The third-order valence-corrected chi connectivity index (χ3v) is 5.25. The Morgan fingerprint density at radius 3 is 1.26 bits per heavy atom. The van der Waals surface area contributed by atoms with E-state index in [1.54, 1.807) is 0 Å². The number of hydrogen-bond donors (Lipinski definition) is 2. The van der Waals surface area contributed by atoms with Crippen molar-refractivity contribution in [2.75, 3.05) is 13.1 Å². The predicted octanol–water partition coefficient (Wildman–Crippen LogP) is 6.16. The second-order valence-electron chi connectivity index (χ2n) is 7.55. The highest BCUT2D eigenvalue weighted by molar-refractivity contribution is 4.72. The molecule has 1 rings (SSSR count). The molecule has 0 aromatic rings. The summed E-state index contributed by atoms with van der Waals surface area (Å²) in [5, 5.41) is 7.00. The summed E-state index contributed by atoms with van der Waals surface area (Å²) in [7, 11) is 0. The van der Waals surface area contributed by atoms with Crippen molar-refractivity contribution in [3.05, 3.63) is 0 Å². The van der Waals surface area contributed by atoms with E-state index < -0.39 is 0 Å². The molecule has 1 aliphatic heterocycles. The maximum atomic E-state index is 3.50. The van der Waals surface area contributed by atoms with Crippen molar-refractivity contribution in [1.29, 1.82) is 0 Å². The Kier molecular flexibility index (Phi) is 15.3. The lowest BCUT2D eigenvalue weighted by molar-refractivity contribution is 0.470. The van der Waals surface area contributed by atoms with Gasteiger partial charge in [-0.2, -0.15) is 0 Å². The van der Waals surface area contributed by atoms with Crippen LogP contribution in [0.25, 0.3) is 0 Å². The fourth-order valence-electron chi connectivity index (χ4n) is 3.67. The number of rotatable bonds is 17. The molecule has 1 saturated heterocycles. The Morgan fingerprint density at radius 1 is 0.522 bits per heavy atom. The van der Waals surface area contributed by atoms with Gasteiger partial charge in [0.1, 0.15) is 0 Å². The minimum atomic E-state index is 0.613. The Labute approximate surface area is 146 Å². The van der Waals surface area contributed by atoms with Gasteiger partial charge in [-0.25, -0.2) is 0 Å². The van der Waals surface area contributed by atoms with Gasteiger partial charge in [-0.15, -0.1) is 0 Å². The van der Waals surface area contributed by atoms with E-state index in [0.29, 0.717) is 6.17 Å². The minimum Gasteiger partial charge on any atom is -0.301 e. The highest BCUT2D eigenvalue weighted by Gasteiger charge is 2.11. The van der Waals surface area contributed by atoms with Crippen LogP contribution in [0.4, 0.5) is 0 Å². The fourth-order valence-corrected chi connectivity index (χ4v) is 3.67. The molecule has 0 unspecified atom stereocenters. The lowest BCUT2D eigenvalue weighted by Crippen LogP contribution is -2.30. The zero-order valence-corrected chi connectivity index (χ0v) is 16.0. The van der Waals surface area contributed by atoms with E-state index in [1.807, 2.05) is 0 Å². The van der Waals surface area contributed by atoms with Gasteiger partial charge < -0.3 is 10.6 Å². The quantitative estimate of drug-likeness (QED) is 0.313. The van der Waals surface area contributed by atoms with Crippen LogP contribution in [0.5, 0.6) is 0 Å². The van der Waals surface area contributed by atoms with E-state index in [2.05, 4.69) is 17.6 Å². The first-order valence-electron chi connectivity index (χ1n) is 10.9. The highest BCUT2D eigenvalue weighted by Crippen LogP contribution is 2.14. The van der Waals surface area contributed by atoms with Crippen molar-refractivity contribution < 1.29 is 0 Å². The summed E-state index contributed by atoms with van der Waals surface area (Å²) in [6, 6.07) is 0. The van der Waals surface area contributed by atoms with E-state index in [0.717, 1.165) is 13.1 Å². The van der Waals surface area contributed by atoms with Crippen molar-refractivity contribution in [1.82, 2.24) is 10.6 Å². The third-order valence-electron chi connectivity index (χ3n) is 5.25. The standard InChI is InChI=1S/C21H44N2/c1-2-3-4-5-6-7-8-9-10-11-12-13-14-15-16-17-18-21-22-19-20-23-21/h21-23H,2-20H2,1H3. The van der Waals surface area contributed by atoms with Crippen LogP contribution >= 0.6 is 0 Å². The normalized spacial score (nSPS) is 15.5. The number of hydrogen-bond acceptors (Lipinski definition) is 2. The molecule has 1 aliphatic rings. The molecule has 2 N–H and O–H groups in total. The van der Waals surface area contributed by atoms with Crippen molar-refractivity contribution >= 4 is 0 Å². The van der Waals surface area contributed by atoms with Crippen molar-refractivity contribution in [2.45, 2.75) is 122 Å². The van der Waals surface area contributed by atoms with Gasteiger partial charge in [-0.3, -0.25) is 0 Å². The van der Waals surface area contributed by atoms with Crippen LogP contribution < -0.4 is 10.6 Å². The summed E-state index contributed by atoms with van der Waals surface area (Å²) >= 11 is 0. The molecule has 138 valence electrons.